The lowest BCUT2D eigenvalue weighted by atomic mass is 9.48. The van der Waals surface area contributed by atoms with Gasteiger partial charge in [-0.1, -0.05) is 56.1 Å². The largest absolute Gasteiger partial charge is 0.450 e. The summed E-state index contributed by atoms with van der Waals surface area (Å²) in [6.45, 7) is 10.3. The van der Waals surface area contributed by atoms with Gasteiger partial charge in [-0.3, -0.25) is 14.4 Å². The van der Waals surface area contributed by atoms with Crippen LogP contribution in [0.5, 0.6) is 0 Å². The Bertz CT molecular complexity index is 903. The Hall–Kier alpha value is -1.23. The number of carbonyl (C=O) groups is 3. The highest BCUT2D eigenvalue weighted by Gasteiger charge is 2.70. The molecule has 0 aromatic carbocycles. The number of carbonyl (C=O) groups excluding carboxylic acids is 3. The van der Waals surface area contributed by atoms with Crippen LogP contribution < -0.4 is 0 Å². The van der Waals surface area contributed by atoms with Crippen LogP contribution in [0.2, 0.25) is 0 Å². The van der Waals surface area contributed by atoms with Crippen molar-refractivity contribution in [2.45, 2.75) is 91.6 Å². The van der Waals surface area contributed by atoms with E-state index in [2.05, 4.69) is 49.7 Å². The van der Waals surface area contributed by atoms with Gasteiger partial charge in [0.15, 0.2) is 17.2 Å². The van der Waals surface area contributed by atoms with Crippen molar-refractivity contribution in [1.82, 2.24) is 0 Å². The molecule has 176 valence electrons. The first kappa shape index (κ1) is 23.9. The van der Waals surface area contributed by atoms with E-state index in [0.717, 1.165) is 48.6 Å². The van der Waals surface area contributed by atoms with Crippen LogP contribution in [0.25, 0.3) is 0 Å². The molecule has 0 saturated heterocycles. The molecule has 0 amide bonds. The van der Waals surface area contributed by atoms with Crippen LogP contribution in [-0.2, 0) is 19.1 Å². The second-order valence-electron chi connectivity index (χ2n) is 11.2. The van der Waals surface area contributed by atoms with Crippen LogP contribution in [-0.4, -0.2) is 23.1 Å². The minimum atomic E-state index is -1.05. The monoisotopic (exact) mass is 504 g/mol. The predicted molar refractivity (Wildman–Crippen MR) is 128 cm³/mol. The van der Waals surface area contributed by atoms with Crippen molar-refractivity contribution in [3.63, 3.8) is 0 Å². The highest BCUT2D eigenvalue weighted by molar-refractivity contribution is 9.12. The Kier molecular flexibility index (Phi) is 6.14. The second-order valence-corrected chi connectivity index (χ2v) is 12.1. The summed E-state index contributed by atoms with van der Waals surface area (Å²) >= 11 is 3.80. The van der Waals surface area contributed by atoms with E-state index in [1.165, 1.54) is 0 Å². The third-order valence-corrected chi connectivity index (χ3v) is 10.3. The van der Waals surface area contributed by atoms with E-state index in [1.807, 2.05) is 6.08 Å². The van der Waals surface area contributed by atoms with Crippen LogP contribution in [0, 0.1) is 34.5 Å². The number of allylic oxidation sites excluding steroid dienone is 4. The molecule has 0 unspecified atom stereocenters. The average Bonchev–Trinajstić information content (AvgIpc) is 2.96. The molecule has 4 aliphatic carbocycles. The fraction of sp³-hybridized carbons (Fsp3) is 0.741. The standard InChI is InChI=1S/C27H37BrO4/c1-6-7-8-24(31)32-27(17(3)29)16(2)13-21-19-15-23(28)22-14-18(30)9-11-25(22,4)20(19)10-12-26(21,27)5/h14-16,19-21H,6-13H2,1-5H3/t16-,19+,20-,21-,25+,26-,27-/m0/s1. The van der Waals surface area contributed by atoms with E-state index in [4.69, 9.17) is 4.74 Å². The maximum absolute atomic E-state index is 13.3. The lowest BCUT2D eigenvalue weighted by Gasteiger charge is -2.58. The molecule has 2 fully saturated rings. The van der Waals surface area contributed by atoms with E-state index in [9.17, 15) is 14.4 Å². The van der Waals surface area contributed by atoms with Crippen LogP contribution in [0.4, 0.5) is 0 Å². The number of ether oxygens (including phenoxy) is 1. The van der Waals surface area contributed by atoms with Gasteiger partial charge in [0.2, 0.25) is 0 Å². The molecule has 0 N–H and O–H groups in total. The topological polar surface area (TPSA) is 60.4 Å². The van der Waals surface area contributed by atoms with Crippen molar-refractivity contribution < 1.29 is 19.1 Å². The molecule has 4 nitrogen and oxygen atoms in total. The molecule has 0 aromatic heterocycles. The van der Waals surface area contributed by atoms with Gasteiger partial charge >= 0.3 is 5.97 Å². The molecule has 4 rings (SSSR count). The maximum Gasteiger partial charge on any atom is 0.306 e. The first-order valence-corrected chi connectivity index (χ1v) is 13.2. The molecule has 4 aliphatic rings. The summed E-state index contributed by atoms with van der Waals surface area (Å²) in [5, 5.41) is 0. The van der Waals surface area contributed by atoms with Gasteiger partial charge in [-0.2, -0.15) is 0 Å². The van der Waals surface area contributed by atoms with Gasteiger partial charge in [0.05, 0.1) is 0 Å². The number of ketones is 2. The van der Waals surface area contributed by atoms with Crippen LogP contribution in [0.1, 0.15) is 86.0 Å². The molecule has 0 heterocycles. The smallest absolute Gasteiger partial charge is 0.306 e. The third-order valence-electron chi connectivity index (χ3n) is 9.63. The number of halogens is 1. The fourth-order valence-corrected chi connectivity index (χ4v) is 8.87. The number of hydrogen-bond acceptors (Lipinski definition) is 4. The highest BCUT2D eigenvalue weighted by Crippen LogP contribution is 2.69. The maximum atomic E-state index is 13.3. The molecule has 5 heteroatoms. The minimum absolute atomic E-state index is 0.00721. The summed E-state index contributed by atoms with van der Waals surface area (Å²) in [6, 6.07) is 0. The molecule has 0 aromatic rings. The van der Waals surface area contributed by atoms with Gasteiger partial charge in [-0.25, -0.2) is 0 Å². The van der Waals surface area contributed by atoms with Gasteiger partial charge in [0.1, 0.15) is 0 Å². The lowest BCUT2D eigenvalue weighted by molar-refractivity contribution is -0.192. The van der Waals surface area contributed by atoms with Crippen molar-refractivity contribution in [2.75, 3.05) is 0 Å². The Balaban J connectivity index is 1.75. The third kappa shape index (κ3) is 3.24. The van der Waals surface area contributed by atoms with Crippen LogP contribution >= 0.6 is 15.9 Å². The SMILES string of the molecule is CCCCC(=O)O[C@]1(C(C)=O)[C@@H](C)C[C@H]2[C@@H]3C=C(Br)C4=CC(=O)CC[C@]4(C)[C@H]3CC[C@@]21C. The number of hydrogen-bond donors (Lipinski definition) is 0. The van der Waals surface area contributed by atoms with E-state index in [0.29, 0.717) is 24.7 Å². The quantitative estimate of drug-likeness (QED) is 0.410. The zero-order chi connectivity index (χ0) is 23.5. The first-order chi connectivity index (χ1) is 15.0. The van der Waals surface area contributed by atoms with Crippen molar-refractivity contribution in [2.24, 2.45) is 34.5 Å². The molecule has 0 aliphatic heterocycles. The Morgan fingerprint density at radius 1 is 1.22 bits per heavy atom. The normalized spacial score (nSPS) is 42.9. The summed E-state index contributed by atoms with van der Waals surface area (Å²) in [5.41, 5.74) is -0.315. The fourth-order valence-electron chi connectivity index (χ4n) is 7.99. The zero-order valence-corrected chi connectivity index (χ0v) is 21.7. The highest BCUT2D eigenvalue weighted by atomic mass is 79.9. The van der Waals surface area contributed by atoms with Crippen molar-refractivity contribution in [3.05, 3.63) is 22.2 Å². The zero-order valence-electron chi connectivity index (χ0n) is 20.1. The van der Waals surface area contributed by atoms with Crippen molar-refractivity contribution >= 4 is 33.5 Å². The van der Waals surface area contributed by atoms with Crippen LogP contribution in [0.3, 0.4) is 0 Å². The molecule has 32 heavy (non-hydrogen) atoms. The molecule has 7 atom stereocenters. The number of esters is 1. The second kappa shape index (κ2) is 8.21. The van der Waals surface area contributed by atoms with E-state index in [-0.39, 0.29) is 40.2 Å². The van der Waals surface area contributed by atoms with Crippen molar-refractivity contribution in [3.8, 4) is 0 Å². The predicted octanol–water partition coefficient (Wildman–Crippen LogP) is 6.32. The molecule has 2 saturated carbocycles. The summed E-state index contributed by atoms with van der Waals surface area (Å²) in [6.07, 6.45) is 10.4. The van der Waals surface area contributed by atoms with E-state index < -0.39 is 5.60 Å². The number of fused-ring (bicyclic) bond motifs is 5. The molecule has 0 bridgehead atoms. The molecule has 0 radical (unpaired) electrons. The van der Waals surface area contributed by atoms with Gasteiger partial charge < -0.3 is 4.74 Å². The van der Waals surface area contributed by atoms with E-state index in [1.54, 1.807) is 6.92 Å². The lowest BCUT2D eigenvalue weighted by Crippen LogP contribution is -2.60. The van der Waals surface area contributed by atoms with Gasteiger partial charge in [0, 0.05) is 28.7 Å². The summed E-state index contributed by atoms with van der Waals surface area (Å²) in [5.74, 6) is 0.967. The molecular formula is C27H37BrO4. The minimum Gasteiger partial charge on any atom is -0.450 e. The average molecular weight is 505 g/mol. The van der Waals surface area contributed by atoms with Crippen LogP contribution in [0.15, 0.2) is 22.2 Å². The molecular weight excluding hydrogens is 468 g/mol. The summed E-state index contributed by atoms with van der Waals surface area (Å²) < 4.78 is 7.26. The Morgan fingerprint density at radius 2 is 1.94 bits per heavy atom. The van der Waals surface area contributed by atoms with Gasteiger partial charge in [-0.05, 0) is 73.8 Å². The summed E-state index contributed by atoms with van der Waals surface area (Å²) in [4.78, 5) is 38.2. The Labute approximate surface area is 200 Å². The molecule has 0 spiro atoms. The number of Topliss-reactive ketones (excluding diaryl/α,β-unsaturated/α-hetero) is 1. The summed E-state index contributed by atoms with van der Waals surface area (Å²) in [7, 11) is 0. The van der Waals surface area contributed by atoms with Gasteiger partial charge in [-0.15, -0.1) is 0 Å². The van der Waals surface area contributed by atoms with Gasteiger partial charge in [0.25, 0.3) is 0 Å². The van der Waals surface area contributed by atoms with Crippen molar-refractivity contribution in [1.29, 1.82) is 0 Å². The Morgan fingerprint density at radius 3 is 2.59 bits per heavy atom. The number of rotatable bonds is 5. The first-order valence-electron chi connectivity index (χ1n) is 12.4. The van der Waals surface area contributed by atoms with E-state index >= 15 is 0 Å². The number of unbranched alkanes of at least 4 members (excludes halogenated alkanes) is 1.